The predicted molar refractivity (Wildman–Crippen MR) is 124 cm³/mol. The average molecular weight is 497 g/mol. The first-order chi connectivity index (χ1) is 15.9. The number of aromatic nitrogens is 2. The molecule has 0 spiro atoms. The summed E-state index contributed by atoms with van der Waals surface area (Å²) in [6, 6.07) is 3.41. The standard InChI is InChI=1S/C20H24N4O7S2/c1-5-31-17(27)10-21-16(26)11-32-20-24-23-19(33-20)22-15(25)7-6-12-8-13(28-2)18(30-4)14(9-12)29-3/h6-9H,5,10-11H2,1-4H3,(H,21,26)(H,22,23,25)/b7-6+. The molecule has 2 rings (SSSR count). The Hall–Kier alpha value is -3.32. The first kappa shape index (κ1) is 25.9. The Kier molecular flexibility index (Phi) is 10.4. The van der Waals surface area contributed by atoms with Gasteiger partial charge in [-0.2, -0.15) is 0 Å². The number of methoxy groups -OCH3 is 3. The quantitative estimate of drug-likeness (QED) is 0.194. The van der Waals surface area contributed by atoms with Gasteiger partial charge in [0.1, 0.15) is 6.54 Å². The molecular weight excluding hydrogens is 472 g/mol. The van der Waals surface area contributed by atoms with E-state index in [-0.39, 0.29) is 29.9 Å². The van der Waals surface area contributed by atoms with Gasteiger partial charge in [0.05, 0.1) is 33.7 Å². The molecule has 178 valence electrons. The minimum absolute atomic E-state index is 0.0447. The molecule has 0 fully saturated rings. The SMILES string of the molecule is CCOC(=O)CNC(=O)CSc1nnc(NC(=O)/C=C/c2cc(OC)c(OC)c(OC)c2)s1. The molecule has 0 bridgehead atoms. The molecule has 0 saturated heterocycles. The number of nitrogens with one attached hydrogen (secondary N) is 2. The summed E-state index contributed by atoms with van der Waals surface area (Å²) in [5, 5.41) is 13.1. The van der Waals surface area contributed by atoms with Crippen molar-refractivity contribution in [3.8, 4) is 17.2 Å². The maximum atomic E-state index is 12.2. The van der Waals surface area contributed by atoms with Crippen molar-refractivity contribution < 1.29 is 33.3 Å². The zero-order valence-corrected chi connectivity index (χ0v) is 20.1. The van der Waals surface area contributed by atoms with Crippen LogP contribution in [0.25, 0.3) is 6.08 Å². The second kappa shape index (κ2) is 13.3. The lowest BCUT2D eigenvalue weighted by atomic mass is 10.1. The van der Waals surface area contributed by atoms with Crippen LogP contribution in [0.5, 0.6) is 17.2 Å². The summed E-state index contributed by atoms with van der Waals surface area (Å²) < 4.78 is 21.1. The minimum Gasteiger partial charge on any atom is -0.493 e. The molecule has 2 amide bonds. The molecule has 1 aromatic heterocycles. The number of hydrogen-bond donors (Lipinski definition) is 2. The molecule has 2 N–H and O–H groups in total. The minimum atomic E-state index is -0.503. The maximum absolute atomic E-state index is 12.2. The van der Waals surface area contributed by atoms with Crippen molar-refractivity contribution in [2.24, 2.45) is 0 Å². The summed E-state index contributed by atoms with van der Waals surface area (Å²) >= 11 is 2.26. The molecule has 2 aromatic rings. The molecule has 11 nitrogen and oxygen atoms in total. The molecule has 13 heteroatoms. The maximum Gasteiger partial charge on any atom is 0.325 e. The molecule has 1 aromatic carbocycles. The third-order valence-corrected chi connectivity index (χ3v) is 5.78. The van der Waals surface area contributed by atoms with Crippen molar-refractivity contribution in [1.29, 1.82) is 0 Å². The Bertz CT molecular complexity index is 985. The molecule has 0 atom stereocenters. The molecule has 0 radical (unpaired) electrons. The van der Waals surface area contributed by atoms with Crippen molar-refractivity contribution in [3.05, 3.63) is 23.8 Å². The lowest BCUT2D eigenvalue weighted by molar-refractivity contribution is -0.143. The van der Waals surface area contributed by atoms with Gasteiger partial charge in [0.2, 0.25) is 22.7 Å². The number of hydrogen-bond acceptors (Lipinski definition) is 11. The van der Waals surface area contributed by atoms with Crippen molar-refractivity contribution in [2.75, 3.05) is 45.6 Å². The first-order valence-corrected chi connectivity index (χ1v) is 11.4. The molecule has 33 heavy (non-hydrogen) atoms. The highest BCUT2D eigenvalue weighted by molar-refractivity contribution is 8.01. The van der Waals surface area contributed by atoms with Gasteiger partial charge in [-0.15, -0.1) is 10.2 Å². The summed E-state index contributed by atoms with van der Waals surface area (Å²) in [6.45, 7) is 1.74. The van der Waals surface area contributed by atoms with E-state index in [1.807, 2.05) is 0 Å². The van der Waals surface area contributed by atoms with E-state index in [9.17, 15) is 14.4 Å². The molecular formula is C20H24N4O7S2. The number of rotatable bonds is 12. The largest absolute Gasteiger partial charge is 0.493 e. The number of amides is 2. The Balaban J connectivity index is 1.89. The van der Waals surface area contributed by atoms with Gasteiger partial charge in [0.25, 0.3) is 0 Å². The van der Waals surface area contributed by atoms with Crippen LogP contribution in [0.1, 0.15) is 12.5 Å². The number of carbonyl (C=O) groups is 3. The fraction of sp³-hybridized carbons (Fsp3) is 0.350. The van der Waals surface area contributed by atoms with Crippen LogP contribution in [0.4, 0.5) is 5.13 Å². The number of ether oxygens (including phenoxy) is 4. The van der Waals surface area contributed by atoms with E-state index in [4.69, 9.17) is 18.9 Å². The Morgan fingerprint density at radius 1 is 1.09 bits per heavy atom. The second-order valence-electron chi connectivity index (χ2n) is 6.02. The number of nitrogens with zero attached hydrogens (tertiary/aromatic N) is 2. The fourth-order valence-corrected chi connectivity index (χ4v) is 3.98. The highest BCUT2D eigenvalue weighted by Crippen LogP contribution is 2.38. The fourth-order valence-electron chi connectivity index (χ4n) is 2.40. The molecule has 0 aliphatic heterocycles. The van der Waals surface area contributed by atoms with Crippen molar-refractivity contribution in [3.63, 3.8) is 0 Å². The Morgan fingerprint density at radius 2 is 1.79 bits per heavy atom. The Labute approximate surface area is 198 Å². The van der Waals surface area contributed by atoms with Crippen molar-refractivity contribution in [2.45, 2.75) is 11.3 Å². The smallest absolute Gasteiger partial charge is 0.325 e. The zero-order chi connectivity index (χ0) is 24.2. The topological polar surface area (TPSA) is 138 Å². The van der Waals surface area contributed by atoms with Gasteiger partial charge in [-0.25, -0.2) is 0 Å². The van der Waals surface area contributed by atoms with Crippen molar-refractivity contribution >= 4 is 52.1 Å². The third kappa shape index (κ3) is 8.27. The third-order valence-electron chi connectivity index (χ3n) is 3.81. The molecule has 0 aliphatic carbocycles. The molecule has 0 aliphatic rings. The van der Waals surface area contributed by atoms with Crippen molar-refractivity contribution in [1.82, 2.24) is 15.5 Å². The normalized spacial score (nSPS) is 10.5. The van der Waals surface area contributed by atoms with Crippen LogP contribution in [0.3, 0.4) is 0 Å². The van der Waals surface area contributed by atoms with E-state index in [1.165, 1.54) is 27.4 Å². The number of carbonyl (C=O) groups excluding carboxylic acids is 3. The molecule has 1 heterocycles. The van der Waals surface area contributed by atoms with E-state index in [0.717, 1.165) is 23.1 Å². The van der Waals surface area contributed by atoms with Crippen LogP contribution < -0.4 is 24.8 Å². The summed E-state index contributed by atoms with van der Waals surface area (Å²) in [4.78, 5) is 35.2. The summed E-state index contributed by atoms with van der Waals surface area (Å²) in [7, 11) is 4.52. The first-order valence-electron chi connectivity index (χ1n) is 9.57. The van der Waals surface area contributed by atoms with E-state index in [0.29, 0.717) is 27.2 Å². The Morgan fingerprint density at radius 3 is 2.39 bits per heavy atom. The monoisotopic (exact) mass is 496 g/mol. The highest BCUT2D eigenvalue weighted by Gasteiger charge is 2.13. The van der Waals surface area contributed by atoms with E-state index < -0.39 is 11.9 Å². The zero-order valence-electron chi connectivity index (χ0n) is 18.5. The second-order valence-corrected chi connectivity index (χ2v) is 8.22. The number of thioether (sulfide) groups is 1. The lowest BCUT2D eigenvalue weighted by Gasteiger charge is -2.12. The van der Waals surface area contributed by atoms with Crippen LogP contribution in [0, 0.1) is 0 Å². The van der Waals surface area contributed by atoms with Crippen LogP contribution in [0.2, 0.25) is 0 Å². The van der Waals surface area contributed by atoms with Gasteiger partial charge in [-0.3, -0.25) is 19.7 Å². The number of esters is 1. The average Bonchev–Trinajstić information content (AvgIpc) is 3.26. The van der Waals surface area contributed by atoms with Crippen LogP contribution in [-0.2, 0) is 19.1 Å². The summed E-state index contributed by atoms with van der Waals surface area (Å²) in [6.07, 6.45) is 2.92. The lowest BCUT2D eigenvalue weighted by Crippen LogP contribution is -2.31. The van der Waals surface area contributed by atoms with Gasteiger partial charge in [0.15, 0.2) is 15.8 Å². The molecule has 0 saturated carbocycles. The van der Waals surface area contributed by atoms with E-state index >= 15 is 0 Å². The van der Waals surface area contributed by atoms with E-state index in [2.05, 4.69) is 20.8 Å². The summed E-state index contributed by atoms with van der Waals surface area (Å²) in [5.41, 5.74) is 0.669. The van der Waals surface area contributed by atoms with Gasteiger partial charge in [-0.1, -0.05) is 23.1 Å². The van der Waals surface area contributed by atoms with Gasteiger partial charge < -0.3 is 24.3 Å². The van der Waals surface area contributed by atoms with E-state index in [1.54, 1.807) is 25.1 Å². The predicted octanol–water partition coefficient (Wildman–Crippen LogP) is 1.99. The van der Waals surface area contributed by atoms with Crippen LogP contribution in [-0.4, -0.2) is 68.2 Å². The number of anilines is 1. The van der Waals surface area contributed by atoms with Crippen LogP contribution >= 0.6 is 23.1 Å². The highest BCUT2D eigenvalue weighted by atomic mass is 32.2. The van der Waals surface area contributed by atoms with Gasteiger partial charge >= 0.3 is 5.97 Å². The van der Waals surface area contributed by atoms with Crippen LogP contribution in [0.15, 0.2) is 22.5 Å². The molecule has 0 unspecified atom stereocenters. The number of benzene rings is 1. The van der Waals surface area contributed by atoms with Gasteiger partial charge in [0, 0.05) is 6.08 Å². The van der Waals surface area contributed by atoms with Gasteiger partial charge in [-0.05, 0) is 30.7 Å². The summed E-state index contributed by atoms with van der Waals surface area (Å²) in [5.74, 6) is 0.170.